The average Bonchev–Trinajstić information content (AvgIpc) is 1.67. The first-order valence-electron chi connectivity index (χ1n) is 42.0. The van der Waals surface area contributed by atoms with E-state index in [-0.39, 0.29) is 173 Å². The average molecular weight is 1720 g/mol. The number of aliphatic imine (C=N–C) groups is 2. The van der Waals surface area contributed by atoms with Crippen molar-refractivity contribution in [3.63, 3.8) is 0 Å². The number of nitrogens with one attached hydrogen (secondary N) is 13. The molecule has 0 unspecified atom stereocenters. The highest BCUT2D eigenvalue weighted by Gasteiger charge is 2.41. The van der Waals surface area contributed by atoms with Gasteiger partial charge in [-0.25, -0.2) is 4.79 Å². The van der Waals surface area contributed by atoms with Crippen LogP contribution in [0.4, 0.5) is 0 Å². The maximum Gasteiger partial charge on any atom is 0.326 e. The topological polar surface area (TPSA) is 810 Å². The molecule has 121 heavy (non-hydrogen) atoms. The van der Waals surface area contributed by atoms with E-state index >= 15 is 0 Å². The minimum Gasteiger partial charge on any atom is -0.481 e. The van der Waals surface area contributed by atoms with Gasteiger partial charge in [0.25, 0.3) is 0 Å². The van der Waals surface area contributed by atoms with E-state index in [1.165, 1.54) is 0 Å². The number of hydrogen-bond acceptors (Lipinski definition) is 26. The van der Waals surface area contributed by atoms with Gasteiger partial charge in [-0.3, -0.25) is 81.9 Å². The normalized spacial score (nSPS) is 15.1. The molecule has 0 bridgehead atoms. The lowest BCUT2D eigenvalue weighted by Crippen LogP contribution is -2.59. The highest BCUT2D eigenvalue weighted by Crippen LogP contribution is 2.21. The molecule has 12 atom stereocenters. The Morgan fingerprint density at radius 3 is 0.860 bits per heavy atom. The van der Waals surface area contributed by atoms with Crippen LogP contribution in [0.1, 0.15) is 200 Å². The van der Waals surface area contributed by atoms with Crippen molar-refractivity contribution < 1.29 is 86.9 Å². The summed E-state index contributed by atoms with van der Waals surface area (Å²) >= 11 is 0. The van der Waals surface area contributed by atoms with Crippen LogP contribution in [-0.2, 0) is 76.7 Å². The molecule has 1 rings (SSSR count). The van der Waals surface area contributed by atoms with Crippen molar-refractivity contribution in [3.8, 4) is 0 Å². The third-order valence-electron chi connectivity index (χ3n) is 19.5. The van der Waals surface area contributed by atoms with Gasteiger partial charge in [0.1, 0.15) is 72.5 Å². The summed E-state index contributed by atoms with van der Waals surface area (Å²) in [5.74, 6) is -15.4. The number of amides is 14. The summed E-state index contributed by atoms with van der Waals surface area (Å²) in [6.45, 7) is 3.14. The number of likely N-dealkylation sites (tertiary alicyclic amines) is 1. The van der Waals surface area contributed by atoms with Gasteiger partial charge in [0.05, 0.1) is 26.1 Å². The SMILES string of the molecule is CC(C)C[C@H](NC(=O)[C@H](CCCCN)NC(=O)CNC(=O)[C@H](CCCCN)NC(=O)[C@H](CCCCN)NC(=O)[C@H](CCCCN)NC(=O)[C@H](CCCN=C(N)N)NC(=O)[C@H](CCCCN)NC(=O)CN)C(=O)NCC(=O)N[C@@H](CCCCN)C(=O)N[C@@H](CCCCN)C(=O)N[C@@H](CCCN=C(N)N)C(=O)N[C@@H](CC(=O)O)C(=O)N1CCC[C@H]1C(=O)O. The Hall–Kier alpha value is -10.3. The fourth-order valence-corrected chi connectivity index (χ4v) is 12.9. The minimum atomic E-state index is -1.76. The molecular formula is C75H142N28O18. The summed E-state index contributed by atoms with van der Waals surface area (Å²) in [6.07, 6.45) is 4.64. The Morgan fingerprint density at radius 2 is 0.595 bits per heavy atom. The summed E-state index contributed by atoms with van der Waals surface area (Å²) in [5, 5.41) is 53.4. The molecule has 0 aliphatic carbocycles. The third kappa shape index (κ3) is 46.9. The number of unbranched alkanes of at least 4 members (excludes halogenated alkanes) is 7. The van der Waals surface area contributed by atoms with Crippen molar-refractivity contribution in [3.05, 3.63) is 0 Å². The zero-order chi connectivity index (χ0) is 90.8. The van der Waals surface area contributed by atoms with Crippen LogP contribution < -0.4 is 138 Å². The van der Waals surface area contributed by atoms with E-state index in [1.54, 1.807) is 13.8 Å². The number of nitrogens with zero attached hydrogens (tertiary/aromatic N) is 3. The zero-order valence-electron chi connectivity index (χ0n) is 70.4. The van der Waals surface area contributed by atoms with Crippen molar-refractivity contribution >= 4 is 107 Å². The molecule has 1 heterocycles. The van der Waals surface area contributed by atoms with Crippen LogP contribution in [-0.4, -0.2) is 279 Å². The number of carboxylic acids is 2. The number of carboxylic acid groups (broad SMARTS) is 2. The standard InChI is InChI=1S/C75H142N28O18/c1-45(2)40-55(63(110)91-44-60(106)93-48(22-5-12-32-78)65(112)96-51(25-8-15-35-81)69(116)100-54(28-18-38-89-75(86)87)71(118)102-56(41-61(107)108)72(119)103-39-19-29-57(103)73(120)121)101-66(113)49(23-6-13-33-79)94-59(105)43-90-62(109)46(20-3-10-30-76)95-67(114)50(24-7-14-34-80)97-68(115)52(26-9-16-36-82)98-70(117)53(27-17-37-88-74(84)85)99-64(111)47(21-4-11-31-77)92-58(104)42-83/h45-57H,3-44,76-83H2,1-2H3,(H,90,109)(H,91,110)(H,92,104)(H,93,106)(H,94,105)(H,95,114)(H,96,112)(H,97,115)(H,98,117)(H,99,111)(H,100,116)(H,101,113)(H,102,118)(H,107,108)(H,120,121)(H4,84,85,88)(H4,86,87,89)/t46-,47-,48-,49-,50-,51-,52-,53-,54-,55-,56-,57-/m0/s1. The predicted octanol–water partition coefficient (Wildman–Crippen LogP) is -8.88. The number of hydrogen-bond donors (Lipinski definition) is 27. The van der Waals surface area contributed by atoms with Gasteiger partial charge < -0.3 is 153 Å². The van der Waals surface area contributed by atoms with E-state index < -0.39 is 193 Å². The van der Waals surface area contributed by atoms with E-state index in [2.05, 4.69) is 79.1 Å². The second kappa shape index (κ2) is 63.7. The fraction of sp³-hybridized carbons (Fsp3) is 0.760. The fourth-order valence-electron chi connectivity index (χ4n) is 12.9. The molecule has 39 N–H and O–H groups in total. The summed E-state index contributed by atoms with van der Waals surface area (Å²) in [6, 6.07) is -16.4. The number of guanidine groups is 2. The Balaban J connectivity index is 3.55. The van der Waals surface area contributed by atoms with E-state index in [0.29, 0.717) is 90.0 Å². The molecule has 1 fully saturated rings. The first-order valence-corrected chi connectivity index (χ1v) is 42.0. The van der Waals surface area contributed by atoms with Gasteiger partial charge in [-0.1, -0.05) is 13.8 Å². The number of rotatable bonds is 68. The smallest absolute Gasteiger partial charge is 0.326 e. The molecule has 0 spiro atoms. The van der Waals surface area contributed by atoms with Gasteiger partial charge in [-0.05, 0) is 232 Å². The quantitative estimate of drug-likeness (QED) is 0.0153. The number of carbonyl (C=O) groups excluding carboxylic acids is 14. The van der Waals surface area contributed by atoms with E-state index in [0.717, 1.165) is 4.90 Å². The summed E-state index contributed by atoms with van der Waals surface area (Å²) in [4.78, 5) is 229. The molecule has 0 radical (unpaired) electrons. The van der Waals surface area contributed by atoms with E-state index in [9.17, 15) is 86.9 Å². The molecule has 46 heteroatoms. The van der Waals surface area contributed by atoms with Crippen molar-refractivity contribution in [2.45, 2.75) is 273 Å². The van der Waals surface area contributed by atoms with Crippen molar-refractivity contribution in [2.75, 3.05) is 85.1 Å². The van der Waals surface area contributed by atoms with Gasteiger partial charge in [-0.15, -0.1) is 0 Å². The maximum atomic E-state index is 14.5. The Kier molecular flexibility index (Phi) is 57.2. The molecule has 0 aromatic carbocycles. The highest BCUT2D eigenvalue weighted by atomic mass is 16.4. The molecule has 0 aromatic rings. The van der Waals surface area contributed by atoms with Crippen LogP contribution in [0.3, 0.4) is 0 Å². The van der Waals surface area contributed by atoms with Crippen LogP contribution in [0.5, 0.6) is 0 Å². The van der Waals surface area contributed by atoms with Crippen LogP contribution in [0.25, 0.3) is 0 Å². The van der Waals surface area contributed by atoms with Crippen molar-refractivity contribution in [1.29, 1.82) is 0 Å². The lowest BCUT2D eigenvalue weighted by Gasteiger charge is -2.29. The predicted molar refractivity (Wildman–Crippen MR) is 451 cm³/mol. The monoisotopic (exact) mass is 1720 g/mol. The largest absolute Gasteiger partial charge is 0.481 e. The molecular weight excluding hydrogens is 1580 g/mol. The van der Waals surface area contributed by atoms with Crippen LogP contribution in [0, 0.1) is 5.92 Å². The van der Waals surface area contributed by atoms with E-state index in [4.69, 9.17) is 68.8 Å². The lowest BCUT2D eigenvalue weighted by molar-refractivity contribution is -0.150. The molecule has 0 aromatic heterocycles. The number of nitrogens with two attached hydrogens (primary N) is 12. The van der Waals surface area contributed by atoms with Gasteiger partial charge in [0, 0.05) is 19.6 Å². The second-order valence-corrected chi connectivity index (χ2v) is 30.1. The van der Waals surface area contributed by atoms with Gasteiger partial charge in [0.15, 0.2) is 11.9 Å². The van der Waals surface area contributed by atoms with Gasteiger partial charge >= 0.3 is 11.9 Å². The molecule has 46 nitrogen and oxygen atoms in total. The maximum absolute atomic E-state index is 14.5. The van der Waals surface area contributed by atoms with Crippen LogP contribution >= 0.6 is 0 Å². The number of carbonyl (C=O) groups is 16. The van der Waals surface area contributed by atoms with Crippen molar-refractivity contribution in [2.24, 2.45) is 84.7 Å². The van der Waals surface area contributed by atoms with Gasteiger partial charge in [0.2, 0.25) is 82.7 Å². The Labute approximate surface area is 707 Å². The molecule has 690 valence electrons. The summed E-state index contributed by atoms with van der Waals surface area (Å²) in [5.41, 5.74) is 68.2. The molecule has 14 amide bonds. The molecule has 1 aliphatic heterocycles. The summed E-state index contributed by atoms with van der Waals surface area (Å²) < 4.78 is 0. The third-order valence-corrected chi connectivity index (χ3v) is 19.5. The van der Waals surface area contributed by atoms with Crippen LogP contribution in [0.2, 0.25) is 0 Å². The molecule has 1 aliphatic rings. The van der Waals surface area contributed by atoms with E-state index in [1.807, 2.05) is 0 Å². The Bertz CT molecular complexity index is 3300. The molecule has 0 saturated carbocycles. The lowest BCUT2D eigenvalue weighted by atomic mass is 10.0. The zero-order valence-corrected chi connectivity index (χ0v) is 70.4. The Morgan fingerprint density at radius 1 is 0.339 bits per heavy atom. The highest BCUT2D eigenvalue weighted by molar-refractivity contribution is 6.00. The summed E-state index contributed by atoms with van der Waals surface area (Å²) in [7, 11) is 0. The number of aliphatic carboxylic acids is 2. The minimum absolute atomic E-state index is 0.00260. The first kappa shape index (κ1) is 109. The second-order valence-electron chi connectivity index (χ2n) is 30.1. The van der Waals surface area contributed by atoms with Crippen LogP contribution in [0.15, 0.2) is 9.98 Å². The van der Waals surface area contributed by atoms with Gasteiger partial charge in [-0.2, -0.15) is 0 Å². The van der Waals surface area contributed by atoms with Crippen molar-refractivity contribution in [1.82, 2.24) is 74.0 Å². The molecule has 1 saturated heterocycles. The first-order chi connectivity index (χ1) is 57.6.